The average Bonchev–Trinajstić information content (AvgIpc) is 3.77. The molecule has 7 heteroatoms. The summed E-state index contributed by atoms with van der Waals surface area (Å²) in [5, 5.41) is 9.68. The van der Waals surface area contributed by atoms with Crippen LogP contribution in [0.25, 0.3) is 133 Å². The molecule has 0 spiro atoms. The molecule has 0 radical (unpaired) electrons. The highest BCUT2D eigenvalue weighted by atomic mass is 15.1. The molecule has 2 aliphatic carbocycles. The molecule has 2 aliphatic rings. The molecular formula is C74H57N7. The molecule has 0 saturated heterocycles. The van der Waals surface area contributed by atoms with Gasteiger partial charge in [0.25, 0.3) is 0 Å². The molecule has 7 nitrogen and oxygen atoms in total. The number of nitrogens with zero attached hydrogens (tertiary/aromatic N) is 7. The largest absolute Gasteiger partial charge is 0.309 e. The minimum Gasteiger partial charge on any atom is -0.309 e. The van der Waals surface area contributed by atoms with Gasteiger partial charge >= 0.3 is 0 Å². The van der Waals surface area contributed by atoms with Crippen LogP contribution in [0.1, 0.15) is 51.8 Å². The van der Waals surface area contributed by atoms with Gasteiger partial charge in [0.2, 0.25) is 0 Å². The predicted molar refractivity (Wildman–Crippen MR) is 335 cm³/mol. The van der Waals surface area contributed by atoms with E-state index in [2.05, 4.69) is 263 Å². The first kappa shape index (κ1) is 46.3. The van der Waals surface area contributed by atoms with Crippen LogP contribution in [0.4, 0.5) is 0 Å². The maximum Gasteiger partial charge on any atom is 0.165 e. The van der Waals surface area contributed by atoms with E-state index in [9.17, 15) is 0 Å². The van der Waals surface area contributed by atoms with Crippen molar-refractivity contribution in [2.24, 2.45) is 17.8 Å². The Kier molecular flexibility index (Phi) is 10.1. The topological polar surface area (TPSA) is 58.4 Å². The first-order valence-electron chi connectivity index (χ1n) is 29.0. The molecule has 0 N–H and O–H groups in total. The Morgan fingerprint density at radius 1 is 0.333 bits per heavy atom. The van der Waals surface area contributed by atoms with Crippen LogP contribution in [0.3, 0.4) is 0 Å². The predicted octanol–water partition coefficient (Wildman–Crippen LogP) is 18.7. The van der Waals surface area contributed by atoms with Gasteiger partial charge in [-0.15, -0.1) is 0 Å². The number of fused-ring (bicyclic) bond motifs is 16. The Bertz CT molecular complexity index is 4720. The number of para-hydroxylation sites is 8. The Hall–Kier alpha value is -9.59. The van der Waals surface area contributed by atoms with Crippen LogP contribution in [-0.2, 0) is 5.41 Å². The number of benzene rings is 10. The molecule has 5 heterocycles. The summed E-state index contributed by atoms with van der Waals surface area (Å²) in [5.74, 6) is 4.09. The minimum atomic E-state index is -0.188. The molecule has 0 amide bonds. The Labute approximate surface area is 469 Å². The first-order valence-corrected chi connectivity index (χ1v) is 29.0. The summed E-state index contributed by atoms with van der Waals surface area (Å²) in [6, 6.07) is 84.2. The van der Waals surface area contributed by atoms with Crippen LogP contribution in [0.5, 0.6) is 0 Å². The summed E-state index contributed by atoms with van der Waals surface area (Å²) in [6.45, 7) is 4.92. The number of hydrogen-bond donors (Lipinski definition) is 0. The van der Waals surface area contributed by atoms with E-state index >= 15 is 0 Å². The van der Waals surface area contributed by atoms with Crippen LogP contribution >= 0.6 is 0 Å². The molecule has 388 valence electrons. The lowest BCUT2D eigenvalue weighted by molar-refractivity contribution is 0.0720. The third-order valence-corrected chi connectivity index (χ3v) is 18.5. The molecule has 2 saturated carbocycles. The minimum absolute atomic E-state index is 0.188. The molecule has 4 atom stereocenters. The van der Waals surface area contributed by atoms with Crippen LogP contribution in [0.2, 0.25) is 0 Å². The van der Waals surface area contributed by atoms with Crippen molar-refractivity contribution in [1.29, 1.82) is 0 Å². The molecule has 0 aliphatic heterocycles. The summed E-state index contributed by atoms with van der Waals surface area (Å²) in [6.07, 6.45) is 5.74. The Morgan fingerprint density at radius 2 is 0.716 bits per heavy atom. The van der Waals surface area contributed by atoms with Crippen molar-refractivity contribution in [1.82, 2.24) is 33.2 Å². The SMILES string of the molecule is C[C@@H]1CC2C[C@H](C)CC(c3nc(-c4ccccc4-n4c5ccccc5c5ccc6c(c7ccccc7n6-c6ccccc6)c54)nc(-c4ccccc4-n4c5ccccc5c5ccc6c(c7ccccc7n6-c6ccccc6)c54)n3)(C2)C1. The van der Waals surface area contributed by atoms with Gasteiger partial charge in [-0.1, -0.05) is 159 Å². The first-order chi connectivity index (χ1) is 40.0. The zero-order valence-corrected chi connectivity index (χ0v) is 45.3. The highest BCUT2D eigenvalue weighted by molar-refractivity contribution is 6.28. The van der Waals surface area contributed by atoms with Crippen molar-refractivity contribution in [3.8, 4) is 45.5 Å². The summed E-state index contributed by atoms with van der Waals surface area (Å²) in [7, 11) is 0. The van der Waals surface area contributed by atoms with Gasteiger partial charge in [0.05, 0.1) is 55.5 Å². The third-order valence-electron chi connectivity index (χ3n) is 18.5. The van der Waals surface area contributed by atoms with E-state index in [1.807, 2.05) is 0 Å². The van der Waals surface area contributed by atoms with Crippen molar-refractivity contribution >= 4 is 87.2 Å². The maximum atomic E-state index is 5.87. The van der Waals surface area contributed by atoms with Crippen molar-refractivity contribution < 1.29 is 0 Å². The van der Waals surface area contributed by atoms with Gasteiger partial charge < -0.3 is 18.3 Å². The van der Waals surface area contributed by atoms with Crippen LogP contribution in [0.15, 0.2) is 231 Å². The van der Waals surface area contributed by atoms with E-state index in [1.165, 1.54) is 78.0 Å². The van der Waals surface area contributed by atoms with Crippen LogP contribution < -0.4 is 0 Å². The van der Waals surface area contributed by atoms with Gasteiger partial charge in [0, 0.05) is 71.0 Å². The monoisotopic (exact) mass is 1040 g/mol. The molecule has 15 aromatic rings. The van der Waals surface area contributed by atoms with Gasteiger partial charge in [-0.3, -0.25) is 0 Å². The van der Waals surface area contributed by atoms with E-state index < -0.39 is 0 Å². The van der Waals surface area contributed by atoms with Crippen molar-refractivity contribution in [3.63, 3.8) is 0 Å². The zero-order valence-electron chi connectivity index (χ0n) is 45.3. The van der Waals surface area contributed by atoms with E-state index in [0.29, 0.717) is 29.4 Å². The quantitative estimate of drug-likeness (QED) is 0.160. The van der Waals surface area contributed by atoms with E-state index in [0.717, 1.165) is 81.0 Å². The zero-order chi connectivity index (χ0) is 53.5. The molecule has 81 heavy (non-hydrogen) atoms. The normalized spacial score (nSPS) is 18.4. The van der Waals surface area contributed by atoms with Crippen molar-refractivity contribution in [2.45, 2.75) is 51.4 Å². The third kappa shape index (κ3) is 6.84. The van der Waals surface area contributed by atoms with Gasteiger partial charge in [0.1, 0.15) is 5.82 Å². The second kappa shape index (κ2) is 17.7. The highest BCUT2D eigenvalue weighted by Crippen LogP contribution is 2.54. The summed E-state index contributed by atoms with van der Waals surface area (Å²) < 4.78 is 9.87. The highest BCUT2D eigenvalue weighted by Gasteiger charge is 2.48. The molecule has 10 aromatic carbocycles. The number of aromatic nitrogens is 7. The molecular weight excluding hydrogens is 987 g/mol. The molecule has 2 fully saturated rings. The van der Waals surface area contributed by atoms with E-state index in [4.69, 9.17) is 15.0 Å². The molecule has 17 rings (SSSR count). The fourth-order valence-electron chi connectivity index (χ4n) is 15.8. The van der Waals surface area contributed by atoms with Gasteiger partial charge in [-0.05, 0) is 135 Å². The molecule has 5 aromatic heterocycles. The summed E-state index contributed by atoms with van der Waals surface area (Å²) >= 11 is 0. The van der Waals surface area contributed by atoms with Crippen LogP contribution in [-0.4, -0.2) is 33.2 Å². The second-order valence-electron chi connectivity index (χ2n) is 23.6. The van der Waals surface area contributed by atoms with E-state index in [1.54, 1.807) is 0 Å². The lowest BCUT2D eigenvalue weighted by atomic mass is 9.56. The van der Waals surface area contributed by atoms with Gasteiger partial charge in [-0.2, -0.15) is 0 Å². The fraction of sp³-hybridized carbons (Fsp3) is 0.149. The number of hydrogen-bond acceptors (Lipinski definition) is 3. The van der Waals surface area contributed by atoms with Crippen molar-refractivity contribution in [3.05, 3.63) is 236 Å². The smallest absolute Gasteiger partial charge is 0.165 e. The van der Waals surface area contributed by atoms with Crippen molar-refractivity contribution in [2.75, 3.05) is 0 Å². The molecule has 2 bridgehead atoms. The average molecular weight is 1040 g/mol. The molecule has 2 unspecified atom stereocenters. The lowest BCUT2D eigenvalue weighted by Crippen LogP contribution is -2.43. The van der Waals surface area contributed by atoms with Gasteiger partial charge in [-0.25, -0.2) is 15.0 Å². The fourth-order valence-corrected chi connectivity index (χ4v) is 15.8. The lowest BCUT2D eigenvalue weighted by Gasteiger charge is -2.49. The second-order valence-corrected chi connectivity index (χ2v) is 23.6. The van der Waals surface area contributed by atoms with Gasteiger partial charge in [0.15, 0.2) is 11.6 Å². The summed E-state index contributed by atoms with van der Waals surface area (Å²) in [4.78, 5) is 17.6. The standard InChI is InChI=1S/C74H57N7/c1-46-41-48-42-47(2)44-74(43-46,45-48)73-76-71(57-29-13-19-35-63(57)80-59-31-15-9-25-51(59)53-37-39-65-67(69(53)80)55-27-11-17-33-61(55)78(65)49-21-5-3-6-22-49)75-72(77-73)58-30-14-20-36-64(58)81-60-32-16-10-26-52(60)54-38-40-66-68(70(54)81)56-28-12-18-34-62(56)79(66)50-23-7-4-8-24-50/h3-40,46-48H,41-45H2,1-2H3/t46-,47+,48?,74?. The van der Waals surface area contributed by atoms with Crippen LogP contribution in [0, 0.1) is 17.8 Å². The number of rotatable bonds is 7. The maximum absolute atomic E-state index is 5.87. The Balaban J connectivity index is 0.954. The Morgan fingerprint density at radius 3 is 1.17 bits per heavy atom. The summed E-state index contributed by atoms with van der Waals surface area (Å²) in [5.41, 5.74) is 15.4. The van der Waals surface area contributed by atoms with E-state index in [-0.39, 0.29) is 5.41 Å².